The standard InChI is InChI=1S/C32H26O4/c33-31-23-15-7-9-17-27(23)35-19-25(31)29(21-11-3-1-4-12-21)30(22-13-5-2-6-14-22)26-20-36-28-18-10-8-16-24(28)32(26)34/h1-18,25-26,29-30H,19-20H2/t25-,26-,29+,30+/m0/s1. The van der Waals surface area contributed by atoms with Crippen molar-refractivity contribution in [1.29, 1.82) is 0 Å². The average molecular weight is 475 g/mol. The minimum absolute atomic E-state index is 0.0520. The van der Waals surface area contributed by atoms with Crippen molar-refractivity contribution in [2.45, 2.75) is 11.8 Å². The third-order valence-electron chi connectivity index (χ3n) is 7.44. The molecule has 4 aromatic rings. The Morgan fingerprint density at radius 2 is 0.861 bits per heavy atom. The van der Waals surface area contributed by atoms with Crippen LogP contribution in [0.5, 0.6) is 11.5 Å². The molecule has 0 saturated heterocycles. The van der Waals surface area contributed by atoms with Crippen LogP contribution in [-0.2, 0) is 0 Å². The van der Waals surface area contributed by atoms with Gasteiger partial charge in [-0.05, 0) is 35.4 Å². The zero-order valence-electron chi connectivity index (χ0n) is 19.7. The van der Waals surface area contributed by atoms with Crippen molar-refractivity contribution in [1.82, 2.24) is 0 Å². The number of carbonyl (C=O) groups is 2. The van der Waals surface area contributed by atoms with E-state index in [0.29, 0.717) is 22.6 Å². The second-order valence-corrected chi connectivity index (χ2v) is 9.43. The highest BCUT2D eigenvalue weighted by molar-refractivity contribution is 6.03. The summed E-state index contributed by atoms with van der Waals surface area (Å²) in [6, 6.07) is 34.9. The topological polar surface area (TPSA) is 52.6 Å². The molecule has 6 rings (SSSR count). The summed E-state index contributed by atoms with van der Waals surface area (Å²) in [5.74, 6) is -0.113. The molecule has 0 fully saturated rings. The highest BCUT2D eigenvalue weighted by atomic mass is 16.5. The number of para-hydroxylation sites is 2. The molecule has 178 valence electrons. The normalized spacial score (nSPS) is 20.3. The third-order valence-corrected chi connectivity index (χ3v) is 7.44. The number of fused-ring (bicyclic) bond motifs is 2. The Morgan fingerprint density at radius 3 is 1.28 bits per heavy atom. The molecule has 4 atom stereocenters. The number of ketones is 2. The van der Waals surface area contributed by atoms with Gasteiger partial charge in [-0.3, -0.25) is 9.59 Å². The first-order chi connectivity index (χ1) is 17.7. The summed E-state index contributed by atoms with van der Waals surface area (Å²) in [5, 5.41) is 0. The van der Waals surface area contributed by atoms with Gasteiger partial charge in [0.15, 0.2) is 11.6 Å². The third kappa shape index (κ3) is 3.89. The minimum Gasteiger partial charge on any atom is -0.492 e. The van der Waals surface area contributed by atoms with Crippen LogP contribution < -0.4 is 9.47 Å². The Bertz CT molecular complexity index is 1290. The molecule has 0 aliphatic carbocycles. The summed E-state index contributed by atoms with van der Waals surface area (Å²) in [6.45, 7) is 0.522. The van der Waals surface area contributed by atoms with Gasteiger partial charge >= 0.3 is 0 Å². The number of ether oxygens (including phenoxy) is 2. The lowest BCUT2D eigenvalue weighted by Gasteiger charge is -2.40. The van der Waals surface area contributed by atoms with Gasteiger partial charge in [-0.15, -0.1) is 0 Å². The second-order valence-electron chi connectivity index (χ2n) is 9.43. The first kappa shape index (κ1) is 22.3. The molecular weight excluding hydrogens is 448 g/mol. The first-order valence-electron chi connectivity index (χ1n) is 12.3. The van der Waals surface area contributed by atoms with Gasteiger partial charge in [0.2, 0.25) is 0 Å². The average Bonchev–Trinajstić information content (AvgIpc) is 2.94. The SMILES string of the molecule is O=C1c2ccccc2OC[C@H]1[C@@H](c1ccccc1)[C@H](c1ccccc1)[C@@H]1COc2ccccc2C1=O. The van der Waals surface area contributed by atoms with Gasteiger partial charge < -0.3 is 9.47 Å². The van der Waals surface area contributed by atoms with Crippen LogP contribution in [0.1, 0.15) is 43.7 Å². The van der Waals surface area contributed by atoms with E-state index in [4.69, 9.17) is 9.47 Å². The summed E-state index contributed by atoms with van der Waals surface area (Å²) in [4.78, 5) is 27.9. The molecule has 4 heteroatoms. The Kier molecular flexibility index (Phi) is 5.86. The van der Waals surface area contributed by atoms with Crippen molar-refractivity contribution in [2.75, 3.05) is 13.2 Å². The number of rotatable bonds is 5. The van der Waals surface area contributed by atoms with Crippen LogP contribution in [0, 0.1) is 11.8 Å². The highest BCUT2D eigenvalue weighted by Crippen LogP contribution is 2.48. The smallest absolute Gasteiger partial charge is 0.173 e. The lowest BCUT2D eigenvalue weighted by atomic mass is 9.65. The summed E-state index contributed by atoms with van der Waals surface area (Å²) >= 11 is 0. The fourth-order valence-corrected chi connectivity index (χ4v) is 5.77. The van der Waals surface area contributed by atoms with Gasteiger partial charge in [-0.25, -0.2) is 0 Å². The molecule has 0 bridgehead atoms. The van der Waals surface area contributed by atoms with Gasteiger partial charge in [-0.2, -0.15) is 0 Å². The monoisotopic (exact) mass is 474 g/mol. The summed E-state index contributed by atoms with van der Waals surface area (Å²) < 4.78 is 12.3. The van der Waals surface area contributed by atoms with Crippen LogP contribution in [0.25, 0.3) is 0 Å². The van der Waals surface area contributed by atoms with Crippen LogP contribution in [0.2, 0.25) is 0 Å². The van der Waals surface area contributed by atoms with Crippen LogP contribution >= 0.6 is 0 Å². The van der Waals surface area contributed by atoms with Gasteiger partial charge in [0.25, 0.3) is 0 Å². The van der Waals surface area contributed by atoms with Crippen LogP contribution in [0.15, 0.2) is 109 Å². The second kappa shape index (κ2) is 9.46. The Labute approximate surface area is 210 Å². The van der Waals surface area contributed by atoms with E-state index in [0.717, 1.165) is 11.1 Å². The molecule has 36 heavy (non-hydrogen) atoms. The molecule has 2 aliphatic rings. The van der Waals surface area contributed by atoms with Crippen LogP contribution in [0.4, 0.5) is 0 Å². The predicted octanol–water partition coefficient (Wildman–Crippen LogP) is 6.34. The van der Waals surface area contributed by atoms with Gasteiger partial charge in [0, 0.05) is 11.8 Å². The highest BCUT2D eigenvalue weighted by Gasteiger charge is 2.46. The van der Waals surface area contributed by atoms with Crippen molar-refractivity contribution in [3.05, 3.63) is 131 Å². The van der Waals surface area contributed by atoms with Gasteiger partial charge in [-0.1, -0.05) is 84.9 Å². The largest absolute Gasteiger partial charge is 0.492 e. The lowest BCUT2D eigenvalue weighted by Crippen LogP contribution is -2.41. The molecule has 4 aromatic carbocycles. The molecule has 4 nitrogen and oxygen atoms in total. The van der Waals surface area contributed by atoms with Crippen LogP contribution in [0.3, 0.4) is 0 Å². The van der Waals surface area contributed by atoms with E-state index < -0.39 is 11.8 Å². The maximum Gasteiger partial charge on any atom is 0.173 e. The molecule has 0 N–H and O–H groups in total. The van der Waals surface area contributed by atoms with E-state index in [1.165, 1.54) is 0 Å². The Morgan fingerprint density at radius 1 is 0.500 bits per heavy atom. The number of hydrogen-bond acceptors (Lipinski definition) is 4. The summed E-state index contributed by atoms with van der Waals surface area (Å²) in [5.41, 5.74) is 3.22. The zero-order valence-corrected chi connectivity index (χ0v) is 19.7. The first-order valence-corrected chi connectivity index (χ1v) is 12.3. The molecule has 0 unspecified atom stereocenters. The number of benzene rings is 4. The Hall–Kier alpha value is -4.18. The molecule has 0 aromatic heterocycles. The van der Waals surface area contributed by atoms with Crippen molar-refractivity contribution in [3.8, 4) is 11.5 Å². The van der Waals surface area contributed by atoms with E-state index in [2.05, 4.69) is 24.3 Å². The summed E-state index contributed by atoms with van der Waals surface area (Å²) in [7, 11) is 0. The molecule has 0 saturated carbocycles. The molecule has 2 aliphatic heterocycles. The van der Waals surface area contributed by atoms with E-state index in [9.17, 15) is 9.59 Å². The number of carbonyl (C=O) groups excluding carboxylic acids is 2. The number of hydrogen-bond donors (Lipinski definition) is 0. The lowest BCUT2D eigenvalue weighted by molar-refractivity contribution is 0.0672. The molecule has 0 radical (unpaired) electrons. The van der Waals surface area contributed by atoms with Crippen molar-refractivity contribution >= 4 is 11.6 Å². The molecule has 2 heterocycles. The maximum absolute atomic E-state index is 13.9. The van der Waals surface area contributed by atoms with E-state index in [1.807, 2.05) is 84.9 Å². The zero-order chi connectivity index (χ0) is 24.5. The van der Waals surface area contributed by atoms with E-state index in [-0.39, 0.29) is 36.6 Å². The minimum atomic E-state index is -0.447. The predicted molar refractivity (Wildman–Crippen MR) is 138 cm³/mol. The van der Waals surface area contributed by atoms with E-state index in [1.54, 1.807) is 0 Å². The van der Waals surface area contributed by atoms with Crippen LogP contribution in [-0.4, -0.2) is 24.8 Å². The molecule has 0 spiro atoms. The Balaban J connectivity index is 1.51. The summed E-state index contributed by atoms with van der Waals surface area (Å²) in [6.07, 6.45) is 0. The molecular formula is C32H26O4. The fourth-order valence-electron chi connectivity index (χ4n) is 5.77. The maximum atomic E-state index is 13.9. The van der Waals surface area contributed by atoms with Crippen molar-refractivity contribution in [3.63, 3.8) is 0 Å². The van der Waals surface area contributed by atoms with E-state index >= 15 is 0 Å². The van der Waals surface area contributed by atoms with Crippen molar-refractivity contribution < 1.29 is 19.1 Å². The quantitative estimate of drug-likeness (QED) is 0.339. The van der Waals surface area contributed by atoms with Gasteiger partial charge in [0.05, 0.1) is 36.2 Å². The van der Waals surface area contributed by atoms with Crippen molar-refractivity contribution in [2.24, 2.45) is 11.8 Å². The molecule has 0 amide bonds. The fraction of sp³-hybridized carbons (Fsp3) is 0.188. The number of Topliss-reactive ketones (excluding diaryl/α,β-unsaturated/α-hetero) is 2. The van der Waals surface area contributed by atoms with Gasteiger partial charge in [0.1, 0.15) is 11.5 Å².